The third-order valence-electron chi connectivity index (χ3n) is 5.27. The van der Waals surface area contributed by atoms with E-state index in [0.717, 1.165) is 25.2 Å². The Morgan fingerprint density at radius 2 is 1.71 bits per heavy atom. The van der Waals surface area contributed by atoms with Crippen molar-refractivity contribution in [2.75, 3.05) is 35.8 Å². The van der Waals surface area contributed by atoms with Gasteiger partial charge in [-0.15, -0.1) is 11.3 Å². The van der Waals surface area contributed by atoms with Crippen molar-refractivity contribution in [2.24, 2.45) is 0 Å². The Balaban J connectivity index is 1.30. The van der Waals surface area contributed by atoms with E-state index in [1.54, 1.807) is 23.7 Å². The molecule has 0 spiro atoms. The van der Waals surface area contributed by atoms with Crippen LogP contribution in [0.1, 0.15) is 12.0 Å². The second-order valence-corrected chi connectivity index (χ2v) is 9.87. The minimum absolute atomic E-state index is 0.179. The topological polar surface area (TPSA) is 82.6 Å². The van der Waals surface area contributed by atoms with E-state index in [4.69, 9.17) is 0 Å². The van der Waals surface area contributed by atoms with Crippen LogP contribution >= 0.6 is 11.3 Å². The zero-order valence-corrected chi connectivity index (χ0v) is 18.6. The van der Waals surface area contributed by atoms with Crippen LogP contribution in [0.5, 0.6) is 0 Å². The molecule has 1 fully saturated rings. The third kappa shape index (κ3) is 5.42. The second-order valence-electron chi connectivity index (χ2n) is 7.29. The molecule has 1 N–H and O–H groups in total. The van der Waals surface area contributed by atoms with Crippen LogP contribution in [0.2, 0.25) is 0 Å². The molecule has 1 aliphatic heterocycles. The number of thiazole rings is 1. The van der Waals surface area contributed by atoms with Gasteiger partial charge in [0.15, 0.2) is 5.13 Å². The van der Waals surface area contributed by atoms with E-state index in [2.05, 4.69) is 14.6 Å². The van der Waals surface area contributed by atoms with E-state index < -0.39 is 10.0 Å². The summed E-state index contributed by atoms with van der Waals surface area (Å²) < 4.78 is 27.4. The van der Waals surface area contributed by atoms with Gasteiger partial charge in [0, 0.05) is 49.9 Å². The first-order chi connectivity index (χ1) is 15.0. The SMILES string of the molecule is O=C(CCc1ccccc1)N1CCN(c2ccc(S(=O)(=O)Nc3nccs3)cc2)CC1. The van der Waals surface area contributed by atoms with Crippen LogP contribution in [0, 0.1) is 0 Å². The number of aryl methyl sites for hydroxylation is 1. The quantitative estimate of drug-likeness (QED) is 0.590. The maximum absolute atomic E-state index is 12.5. The summed E-state index contributed by atoms with van der Waals surface area (Å²) in [6.07, 6.45) is 2.82. The second kappa shape index (κ2) is 9.49. The number of nitrogens with zero attached hydrogens (tertiary/aromatic N) is 3. The number of benzene rings is 2. The molecule has 1 aromatic heterocycles. The van der Waals surface area contributed by atoms with Crippen molar-refractivity contribution in [1.82, 2.24) is 9.88 Å². The summed E-state index contributed by atoms with van der Waals surface area (Å²) in [7, 11) is -3.65. The largest absolute Gasteiger partial charge is 0.368 e. The van der Waals surface area contributed by atoms with Crippen LogP contribution in [0.25, 0.3) is 0 Å². The molecule has 0 unspecified atom stereocenters. The summed E-state index contributed by atoms with van der Waals surface area (Å²) in [6, 6.07) is 16.9. The summed E-state index contributed by atoms with van der Waals surface area (Å²) >= 11 is 1.23. The van der Waals surface area contributed by atoms with Gasteiger partial charge in [-0.1, -0.05) is 30.3 Å². The fourth-order valence-electron chi connectivity index (χ4n) is 3.55. The molecule has 2 heterocycles. The maximum Gasteiger partial charge on any atom is 0.263 e. The van der Waals surface area contributed by atoms with Gasteiger partial charge >= 0.3 is 0 Å². The van der Waals surface area contributed by atoms with Gasteiger partial charge in [-0.2, -0.15) is 0 Å². The van der Waals surface area contributed by atoms with E-state index in [1.165, 1.54) is 16.9 Å². The molecule has 0 atom stereocenters. The fourth-order valence-corrected chi connectivity index (χ4v) is 5.34. The number of carbonyl (C=O) groups excluding carboxylic acids is 1. The highest BCUT2D eigenvalue weighted by Crippen LogP contribution is 2.22. The number of aromatic nitrogens is 1. The number of sulfonamides is 1. The van der Waals surface area contributed by atoms with Gasteiger partial charge in [0.1, 0.15) is 0 Å². The number of hydrogen-bond acceptors (Lipinski definition) is 6. The first-order valence-electron chi connectivity index (χ1n) is 10.1. The lowest BCUT2D eigenvalue weighted by Crippen LogP contribution is -2.48. The molecule has 0 radical (unpaired) electrons. The van der Waals surface area contributed by atoms with E-state index in [0.29, 0.717) is 24.6 Å². The molecule has 1 amide bonds. The highest BCUT2D eigenvalue weighted by molar-refractivity contribution is 7.93. The molecule has 2 aromatic carbocycles. The Morgan fingerprint density at radius 3 is 2.35 bits per heavy atom. The van der Waals surface area contributed by atoms with Crippen LogP contribution in [0.15, 0.2) is 71.1 Å². The van der Waals surface area contributed by atoms with Crippen LogP contribution < -0.4 is 9.62 Å². The number of nitrogens with one attached hydrogen (secondary N) is 1. The van der Waals surface area contributed by atoms with Crippen molar-refractivity contribution in [3.8, 4) is 0 Å². The molecule has 3 aromatic rings. The maximum atomic E-state index is 12.5. The van der Waals surface area contributed by atoms with Gasteiger partial charge in [-0.3, -0.25) is 9.52 Å². The zero-order chi connectivity index (χ0) is 21.7. The molecule has 9 heteroatoms. The highest BCUT2D eigenvalue weighted by atomic mass is 32.2. The normalized spacial score (nSPS) is 14.5. The number of anilines is 2. The Kier molecular flexibility index (Phi) is 6.53. The van der Waals surface area contributed by atoms with Crippen molar-refractivity contribution in [2.45, 2.75) is 17.7 Å². The number of hydrogen-bond donors (Lipinski definition) is 1. The Labute approximate surface area is 186 Å². The molecule has 4 rings (SSSR count). The average molecular weight is 457 g/mol. The molecule has 31 heavy (non-hydrogen) atoms. The molecular weight excluding hydrogens is 432 g/mol. The smallest absolute Gasteiger partial charge is 0.263 e. The van der Waals surface area contributed by atoms with Crippen molar-refractivity contribution >= 4 is 38.1 Å². The first-order valence-corrected chi connectivity index (χ1v) is 12.5. The molecule has 1 aliphatic rings. The van der Waals surface area contributed by atoms with Crippen LogP contribution in [0.3, 0.4) is 0 Å². The summed E-state index contributed by atoms with van der Waals surface area (Å²) in [4.78, 5) is 20.8. The summed E-state index contributed by atoms with van der Waals surface area (Å²) in [6.45, 7) is 2.78. The fraction of sp³-hybridized carbons (Fsp3) is 0.273. The van der Waals surface area contributed by atoms with Gasteiger partial charge in [-0.25, -0.2) is 13.4 Å². The van der Waals surface area contributed by atoms with Crippen LogP contribution in [-0.2, 0) is 21.2 Å². The van der Waals surface area contributed by atoms with Crippen molar-refractivity contribution < 1.29 is 13.2 Å². The minimum atomic E-state index is -3.65. The van der Waals surface area contributed by atoms with E-state index in [-0.39, 0.29) is 10.8 Å². The van der Waals surface area contributed by atoms with Gasteiger partial charge in [0.2, 0.25) is 5.91 Å². The van der Waals surface area contributed by atoms with E-state index in [1.807, 2.05) is 47.4 Å². The number of rotatable bonds is 7. The van der Waals surface area contributed by atoms with Gasteiger partial charge in [0.25, 0.3) is 10.0 Å². The summed E-state index contributed by atoms with van der Waals surface area (Å²) in [5.41, 5.74) is 2.12. The summed E-state index contributed by atoms with van der Waals surface area (Å²) in [5.74, 6) is 0.179. The lowest BCUT2D eigenvalue weighted by Gasteiger charge is -2.36. The van der Waals surface area contributed by atoms with Crippen molar-refractivity contribution in [3.05, 3.63) is 71.7 Å². The highest BCUT2D eigenvalue weighted by Gasteiger charge is 2.22. The van der Waals surface area contributed by atoms with Crippen LogP contribution in [0.4, 0.5) is 10.8 Å². The lowest BCUT2D eigenvalue weighted by molar-refractivity contribution is -0.131. The third-order valence-corrected chi connectivity index (χ3v) is 7.44. The number of carbonyl (C=O) groups is 1. The standard InChI is InChI=1S/C22H24N4O3S2/c27-21(11-6-18-4-2-1-3-5-18)26-15-13-25(14-16-26)19-7-9-20(10-8-19)31(28,29)24-22-23-12-17-30-22/h1-5,7-10,12,17H,6,11,13-16H2,(H,23,24). The van der Waals surface area contributed by atoms with E-state index in [9.17, 15) is 13.2 Å². The molecule has 0 bridgehead atoms. The molecule has 0 saturated carbocycles. The van der Waals surface area contributed by atoms with Crippen LogP contribution in [-0.4, -0.2) is 50.4 Å². The van der Waals surface area contributed by atoms with Crippen molar-refractivity contribution in [1.29, 1.82) is 0 Å². The molecule has 7 nitrogen and oxygen atoms in total. The van der Waals surface area contributed by atoms with E-state index >= 15 is 0 Å². The Hall–Kier alpha value is -2.91. The lowest BCUT2D eigenvalue weighted by atomic mass is 10.1. The van der Waals surface area contributed by atoms with Gasteiger partial charge in [0.05, 0.1) is 4.90 Å². The minimum Gasteiger partial charge on any atom is -0.368 e. The monoisotopic (exact) mass is 456 g/mol. The first kappa shape index (κ1) is 21.3. The molecule has 0 aliphatic carbocycles. The predicted octanol–water partition coefficient (Wildman–Crippen LogP) is 3.23. The predicted molar refractivity (Wildman–Crippen MR) is 123 cm³/mol. The van der Waals surface area contributed by atoms with Gasteiger partial charge in [-0.05, 0) is 36.2 Å². The zero-order valence-electron chi connectivity index (χ0n) is 17.0. The number of amides is 1. The Bertz CT molecular complexity index is 1090. The Morgan fingerprint density at radius 1 is 1.00 bits per heavy atom. The molecule has 1 saturated heterocycles. The average Bonchev–Trinajstić information content (AvgIpc) is 3.31. The number of piperazine rings is 1. The van der Waals surface area contributed by atoms with Gasteiger partial charge < -0.3 is 9.80 Å². The molecule has 162 valence electrons. The van der Waals surface area contributed by atoms with Crippen molar-refractivity contribution in [3.63, 3.8) is 0 Å². The molecular formula is C22H24N4O3S2. The summed E-state index contributed by atoms with van der Waals surface area (Å²) in [5, 5.41) is 2.06.